The second-order valence-electron chi connectivity index (χ2n) is 4.55. The van der Waals surface area contributed by atoms with Crippen molar-refractivity contribution in [2.75, 3.05) is 6.54 Å². The Hall–Kier alpha value is -1.57. The van der Waals surface area contributed by atoms with E-state index in [1.807, 2.05) is 0 Å². The monoisotopic (exact) mass is 382 g/mol. The Bertz CT molecular complexity index is 396. The van der Waals surface area contributed by atoms with Crippen LogP contribution in [0.5, 0.6) is 0 Å². The van der Waals surface area contributed by atoms with Crippen molar-refractivity contribution in [1.82, 2.24) is 5.32 Å². The van der Waals surface area contributed by atoms with Crippen molar-refractivity contribution in [1.29, 1.82) is 0 Å². The SMILES string of the molecule is C=C(C)C(=O)NCC(C)O.C=C(C)C(=O)O.CC(N)C(=O)O.[Zn]. The molecule has 9 heteroatoms. The average Bonchev–Trinajstić information content (AvgIpc) is 2.36. The largest absolute Gasteiger partial charge is 0.480 e. The molecular formula is C14H26N2O6Zn. The molecule has 0 aliphatic rings. The summed E-state index contributed by atoms with van der Waals surface area (Å²) in [6.07, 6.45) is -0.497. The van der Waals surface area contributed by atoms with Crippen LogP contribution in [-0.2, 0) is 33.9 Å². The van der Waals surface area contributed by atoms with Crippen molar-refractivity contribution in [2.24, 2.45) is 5.73 Å². The van der Waals surface area contributed by atoms with Crippen LogP contribution in [0.15, 0.2) is 24.3 Å². The number of carbonyl (C=O) groups is 3. The summed E-state index contributed by atoms with van der Waals surface area (Å²) in [5.41, 5.74) is 5.47. The smallest absolute Gasteiger partial charge is 0.330 e. The molecule has 0 fully saturated rings. The van der Waals surface area contributed by atoms with E-state index in [-0.39, 0.29) is 37.5 Å². The maximum Gasteiger partial charge on any atom is 0.330 e. The predicted octanol–water partition coefficient (Wildman–Crippen LogP) is 0.122. The van der Waals surface area contributed by atoms with Gasteiger partial charge in [0.05, 0.1) is 6.10 Å². The molecule has 0 aliphatic carbocycles. The fourth-order valence-electron chi connectivity index (χ4n) is 0.391. The van der Waals surface area contributed by atoms with Gasteiger partial charge in [-0.15, -0.1) is 0 Å². The van der Waals surface area contributed by atoms with Crippen molar-refractivity contribution >= 4 is 17.8 Å². The zero-order chi connectivity index (χ0) is 18.5. The molecule has 0 saturated carbocycles. The van der Waals surface area contributed by atoms with Crippen LogP contribution in [0.25, 0.3) is 0 Å². The van der Waals surface area contributed by atoms with E-state index in [4.69, 9.17) is 21.1 Å². The summed E-state index contributed by atoms with van der Waals surface area (Å²) in [6.45, 7) is 13.0. The van der Waals surface area contributed by atoms with Gasteiger partial charge in [-0.3, -0.25) is 9.59 Å². The summed E-state index contributed by atoms with van der Waals surface area (Å²) in [4.78, 5) is 29.9. The molecule has 8 nitrogen and oxygen atoms in total. The summed E-state index contributed by atoms with van der Waals surface area (Å²) in [7, 11) is 0. The van der Waals surface area contributed by atoms with Crippen LogP contribution in [-0.4, -0.2) is 51.9 Å². The minimum absolute atomic E-state index is 0. The standard InChI is InChI=1S/C7H13NO2.C4H6O2.C3H7NO2.Zn/c1-5(2)7(10)8-4-6(3)9;1-3(2)4(5)6;1-2(4)3(5)6;/h6,9H,1,4H2,2-3H3,(H,8,10);1H2,2H3,(H,5,6);2H,4H2,1H3,(H,5,6);. The number of carboxylic acids is 2. The summed E-state index contributed by atoms with van der Waals surface area (Å²) < 4.78 is 0. The van der Waals surface area contributed by atoms with E-state index in [2.05, 4.69) is 18.5 Å². The van der Waals surface area contributed by atoms with Crippen molar-refractivity contribution in [3.05, 3.63) is 24.3 Å². The molecule has 0 aromatic carbocycles. The average molecular weight is 384 g/mol. The molecule has 0 aromatic rings. The first kappa shape index (κ1) is 29.4. The number of amides is 1. The van der Waals surface area contributed by atoms with Crippen LogP contribution in [0.4, 0.5) is 0 Å². The number of carboxylic acid groups (broad SMARTS) is 2. The molecule has 0 heterocycles. The summed E-state index contributed by atoms with van der Waals surface area (Å²) in [5.74, 6) is -2.11. The maximum atomic E-state index is 10.7. The molecule has 0 aliphatic heterocycles. The number of hydrogen-bond donors (Lipinski definition) is 5. The number of hydrogen-bond acceptors (Lipinski definition) is 5. The quantitative estimate of drug-likeness (QED) is 0.334. The molecule has 2 atom stereocenters. The minimum atomic E-state index is -0.963. The minimum Gasteiger partial charge on any atom is -0.480 e. The number of aliphatic hydroxyl groups excluding tert-OH is 1. The third-order valence-electron chi connectivity index (χ3n) is 1.70. The van der Waals surface area contributed by atoms with Gasteiger partial charge in [0.2, 0.25) is 5.91 Å². The first-order chi connectivity index (χ1) is 9.82. The molecule has 0 rings (SSSR count). The summed E-state index contributed by atoms with van der Waals surface area (Å²) in [5, 5.41) is 27.0. The van der Waals surface area contributed by atoms with Crippen molar-refractivity contribution in [3.8, 4) is 0 Å². The van der Waals surface area contributed by atoms with Gasteiger partial charge < -0.3 is 26.4 Å². The summed E-state index contributed by atoms with van der Waals surface area (Å²) >= 11 is 0. The molecule has 0 aromatic heterocycles. The van der Waals surface area contributed by atoms with Gasteiger partial charge in [-0.1, -0.05) is 13.2 Å². The zero-order valence-corrected chi connectivity index (χ0v) is 17.1. The Balaban J connectivity index is -0.000000122. The second-order valence-corrected chi connectivity index (χ2v) is 4.55. The van der Waals surface area contributed by atoms with Gasteiger partial charge in [-0.25, -0.2) is 4.79 Å². The van der Waals surface area contributed by atoms with Gasteiger partial charge in [0.25, 0.3) is 0 Å². The predicted molar refractivity (Wildman–Crippen MR) is 83.2 cm³/mol. The Kier molecular flexibility index (Phi) is 21.5. The zero-order valence-electron chi connectivity index (χ0n) is 14.1. The van der Waals surface area contributed by atoms with Gasteiger partial charge in [-0.05, 0) is 27.7 Å². The van der Waals surface area contributed by atoms with Gasteiger partial charge >= 0.3 is 11.9 Å². The van der Waals surface area contributed by atoms with E-state index in [0.29, 0.717) is 5.57 Å². The number of aliphatic carboxylic acids is 2. The molecule has 23 heavy (non-hydrogen) atoms. The van der Waals surface area contributed by atoms with Crippen LogP contribution in [0, 0.1) is 0 Å². The van der Waals surface area contributed by atoms with Crippen LogP contribution in [0.3, 0.4) is 0 Å². The van der Waals surface area contributed by atoms with E-state index in [0.717, 1.165) is 0 Å². The Morgan fingerprint density at radius 1 is 1.09 bits per heavy atom. The normalized spacial score (nSPS) is 10.9. The number of rotatable bonds is 5. The third kappa shape index (κ3) is 29.1. The number of carbonyl (C=O) groups excluding carboxylic acids is 1. The van der Waals surface area contributed by atoms with Crippen molar-refractivity contribution in [2.45, 2.75) is 39.8 Å². The molecule has 1 amide bonds. The molecule has 0 bridgehead atoms. The molecule has 130 valence electrons. The fraction of sp³-hybridized carbons (Fsp3) is 0.500. The van der Waals surface area contributed by atoms with Gasteiger partial charge in [-0.2, -0.15) is 0 Å². The first-order valence-corrected chi connectivity index (χ1v) is 6.31. The topological polar surface area (TPSA) is 150 Å². The Morgan fingerprint density at radius 2 is 1.39 bits per heavy atom. The number of nitrogens with one attached hydrogen (secondary N) is 1. The van der Waals surface area contributed by atoms with Gasteiger partial charge in [0.1, 0.15) is 6.04 Å². The van der Waals surface area contributed by atoms with E-state index in [9.17, 15) is 14.4 Å². The molecule has 0 saturated heterocycles. The fourth-order valence-corrected chi connectivity index (χ4v) is 0.391. The van der Waals surface area contributed by atoms with E-state index in [1.165, 1.54) is 13.8 Å². The number of aliphatic hydroxyl groups is 1. The molecule has 6 N–H and O–H groups in total. The van der Waals surface area contributed by atoms with Crippen LogP contribution < -0.4 is 11.1 Å². The Labute approximate surface area is 149 Å². The van der Waals surface area contributed by atoms with E-state index < -0.39 is 24.1 Å². The van der Waals surface area contributed by atoms with Crippen molar-refractivity contribution < 1.29 is 49.2 Å². The maximum absolute atomic E-state index is 10.7. The second kappa shape index (κ2) is 16.8. The molecule has 0 spiro atoms. The first-order valence-electron chi connectivity index (χ1n) is 6.31. The van der Waals surface area contributed by atoms with E-state index >= 15 is 0 Å². The van der Waals surface area contributed by atoms with E-state index in [1.54, 1.807) is 13.8 Å². The molecule has 2 unspecified atom stereocenters. The van der Waals surface area contributed by atoms with Crippen molar-refractivity contribution in [3.63, 3.8) is 0 Å². The van der Waals surface area contributed by atoms with Gasteiger partial charge in [0.15, 0.2) is 0 Å². The third-order valence-corrected chi connectivity index (χ3v) is 1.70. The molecule has 0 radical (unpaired) electrons. The molecular weight excluding hydrogens is 358 g/mol. The Morgan fingerprint density at radius 3 is 1.52 bits per heavy atom. The van der Waals surface area contributed by atoms with Gasteiger partial charge in [0, 0.05) is 37.2 Å². The summed E-state index contributed by atoms with van der Waals surface area (Å²) in [6, 6.07) is -0.731. The van der Waals surface area contributed by atoms with Crippen LogP contribution >= 0.6 is 0 Å². The van der Waals surface area contributed by atoms with Crippen LogP contribution in [0.2, 0.25) is 0 Å². The number of nitrogens with two attached hydrogens (primary N) is 1. The van der Waals surface area contributed by atoms with Crippen LogP contribution in [0.1, 0.15) is 27.7 Å².